The first-order chi connectivity index (χ1) is 11.3. The standard InChI is InChI=1S/C17H18N2O4S/c1-11-4-6-14(8-12(11)2)24(21,22)18-10-13-5-7-16-15(9-13)19(3)17(20)23-16/h4-9,18H,10H2,1-3H3. The van der Waals surface area contributed by atoms with E-state index in [1.165, 1.54) is 4.57 Å². The molecule has 1 aromatic heterocycles. The first kappa shape index (κ1) is 16.5. The van der Waals surface area contributed by atoms with Crippen molar-refractivity contribution in [2.24, 2.45) is 7.05 Å². The Kier molecular flexibility index (Phi) is 4.06. The maximum atomic E-state index is 12.4. The van der Waals surface area contributed by atoms with Crippen molar-refractivity contribution in [2.75, 3.05) is 0 Å². The maximum Gasteiger partial charge on any atom is 0.419 e. The van der Waals surface area contributed by atoms with Crippen LogP contribution >= 0.6 is 0 Å². The van der Waals surface area contributed by atoms with Gasteiger partial charge in [0.1, 0.15) is 0 Å². The van der Waals surface area contributed by atoms with E-state index in [0.29, 0.717) is 11.1 Å². The Morgan fingerprint density at radius 3 is 2.54 bits per heavy atom. The number of hydrogen-bond donors (Lipinski definition) is 1. The van der Waals surface area contributed by atoms with Crippen LogP contribution in [0, 0.1) is 13.8 Å². The fourth-order valence-electron chi connectivity index (χ4n) is 2.42. The Labute approximate surface area is 139 Å². The Morgan fingerprint density at radius 1 is 1.08 bits per heavy atom. The number of rotatable bonds is 4. The van der Waals surface area contributed by atoms with Crippen molar-refractivity contribution >= 4 is 21.1 Å². The molecule has 126 valence electrons. The summed E-state index contributed by atoms with van der Waals surface area (Å²) in [4.78, 5) is 11.7. The zero-order valence-electron chi connectivity index (χ0n) is 13.7. The highest BCUT2D eigenvalue weighted by molar-refractivity contribution is 7.89. The summed E-state index contributed by atoms with van der Waals surface area (Å²) in [6, 6.07) is 10.2. The Balaban J connectivity index is 1.85. The fourth-order valence-corrected chi connectivity index (χ4v) is 3.53. The minimum Gasteiger partial charge on any atom is -0.408 e. The SMILES string of the molecule is Cc1ccc(S(=O)(=O)NCc2ccc3oc(=O)n(C)c3c2)cc1C. The van der Waals surface area contributed by atoms with E-state index < -0.39 is 15.8 Å². The second-order valence-corrected chi connectivity index (χ2v) is 7.57. The van der Waals surface area contributed by atoms with Gasteiger partial charge in [-0.05, 0) is 54.8 Å². The van der Waals surface area contributed by atoms with E-state index in [9.17, 15) is 13.2 Å². The highest BCUT2D eigenvalue weighted by Crippen LogP contribution is 2.17. The number of oxazole rings is 1. The summed E-state index contributed by atoms with van der Waals surface area (Å²) in [6.07, 6.45) is 0. The minimum atomic E-state index is -3.60. The van der Waals surface area contributed by atoms with Crippen LogP contribution in [0.5, 0.6) is 0 Å². The Bertz CT molecular complexity index is 1080. The summed E-state index contributed by atoms with van der Waals surface area (Å²) < 4.78 is 33.9. The zero-order chi connectivity index (χ0) is 17.5. The largest absolute Gasteiger partial charge is 0.419 e. The van der Waals surface area contributed by atoms with Crippen molar-refractivity contribution < 1.29 is 12.8 Å². The van der Waals surface area contributed by atoms with Crippen molar-refractivity contribution in [1.29, 1.82) is 0 Å². The van der Waals surface area contributed by atoms with Gasteiger partial charge in [0.05, 0.1) is 10.4 Å². The van der Waals surface area contributed by atoms with E-state index >= 15 is 0 Å². The van der Waals surface area contributed by atoms with Gasteiger partial charge in [0.25, 0.3) is 0 Å². The molecule has 1 heterocycles. The lowest BCUT2D eigenvalue weighted by atomic mass is 10.1. The molecular weight excluding hydrogens is 328 g/mol. The van der Waals surface area contributed by atoms with Gasteiger partial charge >= 0.3 is 5.76 Å². The van der Waals surface area contributed by atoms with E-state index in [1.807, 2.05) is 13.8 Å². The van der Waals surface area contributed by atoms with Gasteiger partial charge < -0.3 is 4.42 Å². The van der Waals surface area contributed by atoms with Gasteiger partial charge in [-0.1, -0.05) is 12.1 Å². The molecule has 0 aliphatic carbocycles. The molecule has 0 amide bonds. The fraction of sp³-hybridized carbons (Fsp3) is 0.235. The third kappa shape index (κ3) is 3.00. The smallest absolute Gasteiger partial charge is 0.408 e. The highest BCUT2D eigenvalue weighted by Gasteiger charge is 2.15. The topological polar surface area (TPSA) is 81.3 Å². The number of sulfonamides is 1. The number of benzene rings is 2. The number of nitrogens with one attached hydrogen (secondary N) is 1. The van der Waals surface area contributed by atoms with Crippen LogP contribution in [-0.4, -0.2) is 13.0 Å². The molecule has 0 bridgehead atoms. The van der Waals surface area contributed by atoms with E-state index in [-0.39, 0.29) is 11.4 Å². The molecule has 0 spiro atoms. The molecule has 0 aliphatic heterocycles. The summed E-state index contributed by atoms with van der Waals surface area (Å²) in [6.45, 7) is 3.94. The molecular formula is C17H18N2O4S. The van der Waals surface area contributed by atoms with Gasteiger partial charge in [-0.25, -0.2) is 17.9 Å². The van der Waals surface area contributed by atoms with Crippen molar-refractivity contribution in [2.45, 2.75) is 25.3 Å². The first-order valence-corrected chi connectivity index (χ1v) is 8.91. The monoisotopic (exact) mass is 346 g/mol. The molecule has 0 unspecified atom stereocenters. The molecule has 24 heavy (non-hydrogen) atoms. The highest BCUT2D eigenvalue weighted by atomic mass is 32.2. The van der Waals surface area contributed by atoms with Gasteiger partial charge in [0, 0.05) is 13.6 Å². The second-order valence-electron chi connectivity index (χ2n) is 5.80. The van der Waals surface area contributed by atoms with Crippen molar-refractivity contribution in [3.63, 3.8) is 0 Å². The molecule has 7 heteroatoms. The number of fused-ring (bicyclic) bond motifs is 1. The third-order valence-corrected chi connectivity index (χ3v) is 5.51. The van der Waals surface area contributed by atoms with Crippen LogP contribution in [0.25, 0.3) is 11.1 Å². The predicted octanol–water partition coefficient (Wildman–Crippen LogP) is 2.23. The molecule has 0 saturated heterocycles. The van der Waals surface area contributed by atoms with E-state index in [0.717, 1.165) is 16.7 Å². The van der Waals surface area contributed by atoms with E-state index in [1.54, 1.807) is 43.4 Å². The van der Waals surface area contributed by atoms with Gasteiger partial charge in [-0.15, -0.1) is 0 Å². The van der Waals surface area contributed by atoms with Crippen molar-refractivity contribution in [1.82, 2.24) is 9.29 Å². The summed E-state index contributed by atoms with van der Waals surface area (Å²) in [5, 5.41) is 0. The van der Waals surface area contributed by atoms with Gasteiger partial charge in [-0.2, -0.15) is 0 Å². The predicted molar refractivity (Wildman–Crippen MR) is 91.4 cm³/mol. The maximum absolute atomic E-state index is 12.4. The van der Waals surface area contributed by atoms with E-state index in [2.05, 4.69) is 4.72 Å². The molecule has 2 aromatic carbocycles. The summed E-state index contributed by atoms with van der Waals surface area (Å²) in [7, 11) is -1.99. The lowest BCUT2D eigenvalue weighted by Gasteiger charge is -2.09. The summed E-state index contributed by atoms with van der Waals surface area (Å²) in [5.41, 5.74) is 3.81. The molecule has 1 N–H and O–H groups in total. The number of aryl methyl sites for hydroxylation is 3. The van der Waals surface area contributed by atoms with Crippen LogP contribution < -0.4 is 10.5 Å². The normalized spacial score (nSPS) is 12.0. The minimum absolute atomic E-state index is 0.130. The lowest BCUT2D eigenvalue weighted by Crippen LogP contribution is -2.23. The number of nitrogens with zero attached hydrogens (tertiary/aromatic N) is 1. The molecule has 0 aliphatic rings. The summed E-state index contributed by atoms with van der Waals surface area (Å²) in [5.74, 6) is -0.446. The molecule has 6 nitrogen and oxygen atoms in total. The number of aromatic nitrogens is 1. The van der Waals surface area contributed by atoms with E-state index in [4.69, 9.17) is 4.42 Å². The van der Waals surface area contributed by atoms with Crippen molar-refractivity contribution in [3.05, 3.63) is 63.6 Å². The number of hydrogen-bond acceptors (Lipinski definition) is 4. The van der Waals surface area contributed by atoms with Gasteiger partial charge in [0.2, 0.25) is 10.0 Å². The van der Waals surface area contributed by atoms with Crippen LogP contribution in [-0.2, 0) is 23.6 Å². The van der Waals surface area contributed by atoms with Crippen LogP contribution in [0.3, 0.4) is 0 Å². The van der Waals surface area contributed by atoms with Crippen LogP contribution in [0.1, 0.15) is 16.7 Å². The quantitative estimate of drug-likeness (QED) is 0.785. The zero-order valence-corrected chi connectivity index (χ0v) is 14.5. The van der Waals surface area contributed by atoms with Crippen LogP contribution in [0.4, 0.5) is 0 Å². The lowest BCUT2D eigenvalue weighted by molar-refractivity contribution is 0.528. The van der Waals surface area contributed by atoms with Crippen LogP contribution in [0.15, 0.2) is 50.5 Å². The first-order valence-electron chi connectivity index (χ1n) is 7.43. The molecule has 0 radical (unpaired) electrons. The van der Waals surface area contributed by atoms with Gasteiger partial charge in [0.15, 0.2) is 5.58 Å². The average Bonchev–Trinajstić information content (AvgIpc) is 2.83. The molecule has 0 atom stereocenters. The van der Waals surface area contributed by atoms with Crippen molar-refractivity contribution in [3.8, 4) is 0 Å². The van der Waals surface area contributed by atoms with Gasteiger partial charge in [-0.3, -0.25) is 4.57 Å². The Morgan fingerprint density at radius 2 is 1.83 bits per heavy atom. The third-order valence-electron chi connectivity index (χ3n) is 4.11. The summed E-state index contributed by atoms with van der Waals surface area (Å²) >= 11 is 0. The molecule has 3 rings (SSSR count). The second kappa shape index (κ2) is 5.92. The molecule has 3 aromatic rings. The molecule has 0 saturated carbocycles. The Hall–Kier alpha value is -2.38. The molecule has 0 fully saturated rings. The van der Waals surface area contributed by atoms with Crippen LogP contribution in [0.2, 0.25) is 0 Å². The average molecular weight is 346 g/mol.